The normalized spacial score (nSPS) is 13.1. The van der Waals surface area contributed by atoms with Gasteiger partial charge in [0.2, 0.25) is 0 Å². The average Bonchev–Trinajstić information content (AvgIpc) is 2.49. The van der Waals surface area contributed by atoms with Crippen LogP contribution in [0.15, 0.2) is 43.0 Å². The zero-order valence-corrected chi connectivity index (χ0v) is 14.6. The summed E-state index contributed by atoms with van der Waals surface area (Å²) in [5, 5.41) is 3.54. The minimum atomic E-state index is -1.98. The van der Waals surface area contributed by atoms with Crippen molar-refractivity contribution in [3.63, 3.8) is 0 Å². The van der Waals surface area contributed by atoms with Crippen LogP contribution in [0.4, 0.5) is 0 Å². The van der Waals surface area contributed by atoms with Crippen LogP contribution in [0.1, 0.15) is 31.9 Å². The first kappa shape index (κ1) is 18.1. The number of hydrogen-bond acceptors (Lipinski definition) is 3. The standard InChI is InChI=1S/C17H29NO2Si/c1-5-17(16-12-9-8-10-13-16)18-14-11-15-21(4,19-6-2)20-7-3/h5,8-10,12-13,17-18H,1,6-7,11,14-15H2,2-4H3. The Bertz CT molecular complexity index is 391. The molecule has 0 saturated heterocycles. The molecule has 0 aliphatic carbocycles. The van der Waals surface area contributed by atoms with E-state index in [4.69, 9.17) is 8.85 Å². The molecule has 0 heterocycles. The highest BCUT2D eigenvalue weighted by atomic mass is 28.4. The fourth-order valence-corrected chi connectivity index (χ4v) is 4.87. The van der Waals surface area contributed by atoms with Gasteiger partial charge in [-0.05, 0) is 45.0 Å². The van der Waals surface area contributed by atoms with Crippen LogP contribution in [0.25, 0.3) is 0 Å². The van der Waals surface area contributed by atoms with Crippen molar-refractivity contribution in [2.24, 2.45) is 0 Å². The lowest BCUT2D eigenvalue weighted by atomic mass is 10.1. The van der Waals surface area contributed by atoms with Gasteiger partial charge >= 0.3 is 8.56 Å². The highest BCUT2D eigenvalue weighted by molar-refractivity contribution is 6.66. The van der Waals surface area contributed by atoms with E-state index in [0.29, 0.717) is 0 Å². The Balaban J connectivity index is 2.39. The fraction of sp³-hybridized carbons (Fsp3) is 0.529. The van der Waals surface area contributed by atoms with Crippen molar-refractivity contribution in [1.29, 1.82) is 0 Å². The Morgan fingerprint density at radius 2 is 1.81 bits per heavy atom. The smallest absolute Gasteiger partial charge is 0.334 e. The van der Waals surface area contributed by atoms with Gasteiger partial charge < -0.3 is 14.2 Å². The van der Waals surface area contributed by atoms with Crippen molar-refractivity contribution in [3.8, 4) is 0 Å². The third-order valence-electron chi connectivity index (χ3n) is 3.47. The van der Waals surface area contributed by atoms with Crippen LogP contribution in [0.5, 0.6) is 0 Å². The summed E-state index contributed by atoms with van der Waals surface area (Å²) in [5.74, 6) is 0. The highest BCUT2D eigenvalue weighted by Crippen LogP contribution is 2.17. The third kappa shape index (κ3) is 6.57. The maximum absolute atomic E-state index is 5.86. The molecular weight excluding hydrogens is 278 g/mol. The molecule has 0 amide bonds. The Hall–Kier alpha value is -0.943. The molecule has 0 saturated carbocycles. The van der Waals surface area contributed by atoms with E-state index in [2.05, 4.69) is 42.7 Å². The lowest BCUT2D eigenvalue weighted by molar-refractivity contribution is 0.188. The van der Waals surface area contributed by atoms with Crippen molar-refractivity contribution in [2.75, 3.05) is 19.8 Å². The van der Waals surface area contributed by atoms with Gasteiger partial charge in [-0.1, -0.05) is 36.4 Å². The summed E-state index contributed by atoms with van der Waals surface area (Å²) in [5.41, 5.74) is 1.25. The largest absolute Gasteiger partial charge is 0.395 e. The molecule has 118 valence electrons. The first-order valence-electron chi connectivity index (χ1n) is 7.84. The summed E-state index contributed by atoms with van der Waals surface area (Å²) >= 11 is 0. The molecule has 1 aromatic carbocycles. The van der Waals surface area contributed by atoms with Crippen LogP contribution >= 0.6 is 0 Å². The summed E-state index contributed by atoms with van der Waals surface area (Å²) in [4.78, 5) is 0. The molecule has 1 atom stereocenters. The lowest BCUT2D eigenvalue weighted by Crippen LogP contribution is -2.39. The quantitative estimate of drug-likeness (QED) is 0.380. The van der Waals surface area contributed by atoms with E-state index in [0.717, 1.165) is 32.2 Å². The lowest BCUT2D eigenvalue weighted by Gasteiger charge is -2.26. The predicted octanol–water partition coefficient (Wildman–Crippen LogP) is 4.04. The monoisotopic (exact) mass is 307 g/mol. The van der Waals surface area contributed by atoms with Crippen LogP contribution in [-0.2, 0) is 8.85 Å². The summed E-state index contributed by atoms with van der Waals surface area (Å²) in [7, 11) is -1.98. The summed E-state index contributed by atoms with van der Waals surface area (Å²) in [6.45, 7) is 12.5. The fourth-order valence-electron chi connectivity index (χ4n) is 2.46. The van der Waals surface area contributed by atoms with Crippen LogP contribution in [0.3, 0.4) is 0 Å². The topological polar surface area (TPSA) is 30.5 Å². The second-order valence-corrected chi connectivity index (χ2v) is 8.53. The summed E-state index contributed by atoms with van der Waals surface area (Å²) in [6, 6.07) is 11.6. The van der Waals surface area contributed by atoms with Gasteiger partial charge in [-0.2, -0.15) is 0 Å². The molecule has 0 aliphatic rings. The van der Waals surface area contributed by atoms with Gasteiger partial charge in [0.1, 0.15) is 0 Å². The van der Waals surface area contributed by atoms with Crippen molar-refractivity contribution in [3.05, 3.63) is 48.6 Å². The molecule has 1 rings (SSSR count). The molecule has 1 aromatic rings. The highest BCUT2D eigenvalue weighted by Gasteiger charge is 2.29. The molecule has 0 fully saturated rings. The van der Waals surface area contributed by atoms with Crippen molar-refractivity contribution < 1.29 is 8.85 Å². The van der Waals surface area contributed by atoms with E-state index in [1.54, 1.807) is 0 Å². The van der Waals surface area contributed by atoms with E-state index in [1.165, 1.54) is 5.56 Å². The average molecular weight is 308 g/mol. The third-order valence-corrected chi connectivity index (χ3v) is 6.53. The number of rotatable bonds is 11. The molecule has 0 bridgehead atoms. The van der Waals surface area contributed by atoms with Gasteiger partial charge in [-0.3, -0.25) is 0 Å². The van der Waals surface area contributed by atoms with E-state index < -0.39 is 8.56 Å². The van der Waals surface area contributed by atoms with Gasteiger partial charge in [0.05, 0.1) is 6.04 Å². The molecule has 1 N–H and O–H groups in total. The summed E-state index contributed by atoms with van der Waals surface area (Å²) < 4.78 is 11.7. The number of nitrogens with one attached hydrogen (secondary N) is 1. The predicted molar refractivity (Wildman–Crippen MR) is 91.7 cm³/mol. The zero-order chi connectivity index (χ0) is 15.6. The molecule has 0 radical (unpaired) electrons. The Labute approximate surface area is 130 Å². The molecule has 21 heavy (non-hydrogen) atoms. The first-order valence-corrected chi connectivity index (χ1v) is 10.4. The second-order valence-electron chi connectivity index (χ2n) is 5.18. The molecular formula is C17H29NO2Si. The second kappa shape index (κ2) is 9.90. The van der Waals surface area contributed by atoms with Gasteiger partial charge in [0.25, 0.3) is 0 Å². The van der Waals surface area contributed by atoms with Gasteiger partial charge in [0, 0.05) is 13.2 Å². The van der Waals surface area contributed by atoms with Gasteiger partial charge in [0.15, 0.2) is 0 Å². The SMILES string of the molecule is C=CC(NCCC[Si](C)(OCC)OCC)c1ccccc1. The first-order chi connectivity index (χ1) is 10.1. The molecule has 0 spiro atoms. The van der Waals surface area contributed by atoms with Crippen LogP contribution in [-0.4, -0.2) is 28.3 Å². The van der Waals surface area contributed by atoms with Crippen LogP contribution < -0.4 is 5.32 Å². The molecule has 1 unspecified atom stereocenters. The van der Waals surface area contributed by atoms with Crippen LogP contribution in [0, 0.1) is 0 Å². The summed E-state index contributed by atoms with van der Waals surface area (Å²) in [6.07, 6.45) is 3.01. The van der Waals surface area contributed by atoms with E-state index >= 15 is 0 Å². The van der Waals surface area contributed by atoms with Crippen molar-refractivity contribution >= 4 is 8.56 Å². The van der Waals surface area contributed by atoms with Gasteiger partial charge in [-0.25, -0.2) is 0 Å². The maximum atomic E-state index is 5.86. The van der Waals surface area contributed by atoms with E-state index in [-0.39, 0.29) is 6.04 Å². The Morgan fingerprint density at radius 1 is 1.19 bits per heavy atom. The van der Waals surface area contributed by atoms with E-state index in [1.807, 2.05) is 26.0 Å². The minimum Gasteiger partial charge on any atom is -0.395 e. The molecule has 0 aromatic heterocycles. The zero-order valence-electron chi connectivity index (χ0n) is 13.6. The van der Waals surface area contributed by atoms with Crippen LogP contribution in [0.2, 0.25) is 12.6 Å². The molecule has 3 nitrogen and oxygen atoms in total. The van der Waals surface area contributed by atoms with Gasteiger partial charge in [-0.15, -0.1) is 6.58 Å². The van der Waals surface area contributed by atoms with Crippen molar-refractivity contribution in [1.82, 2.24) is 5.32 Å². The van der Waals surface area contributed by atoms with E-state index in [9.17, 15) is 0 Å². The van der Waals surface area contributed by atoms with Crippen molar-refractivity contribution in [2.45, 2.75) is 38.9 Å². The number of benzene rings is 1. The Kier molecular flexibility index (Phi) is 8.53. The molecule has 4 heteroatoms. The number of hydrogen-bond donors (Lipinski definition) is 1. The maximum Gasteiger partial charge on any atom is 0.334 e. The minimum absolute atomic E-state index is 0.207. The Morgan fingerprint density at radius 3 is 2.33 bits per heavy atom. The molecule has 0 aliphatic heterocycles.